The minimum absolute atomic E-state index is 0.00974. The van der Waals surface area contributed by atoms with Gasteiger partial charge in [-0.1, -0.05) is 71.9 Å². The van der Waals surface area contributed by atoms with Gasteiger partial charge >= 0.3 is 5.97 Å². The van der Waals surface area contributed by atoms with Gasteiger partial charge in [0.25, 0.3) is 0 Å². The van der Waals surface area contributed by atoms with E-state index in [0.29, 0.717) is 37.4 Å². The first-order valence-corrected chi connectivity index (χ1v) is 14.1. The van der Waals surface area contributed by atoms with Crippen molar-refractivity contribution in [2.24, 2.45) is 4.99 Å². The predicted octanol–water partition coefficient (Wildman–Crippen LogP) is 4.35. The number of hydrogen-bond acceptors (Lipinski definition) is 7. The molecule has 0 spiro atoms. The maximum atomic E-state index is 13.6. The number of amidine groups is 1. The van der Waals surface area contributed by atoms with Gasteiger partial charge in [-0.2, -0.15) is 0 Å². The number of hydrogen-bond donors (Lipinski definition) is 0. The standard InChI is InChI=1S/C30H32N4O4S/c1-4-38-29(37)26-27(22-8-6-5-7-9-22)31-30-34(28(26)23-12-10-20(2)11-13-23)24(19-39-30)18-25(36)33-16-14-32(15-17-33)21(3)35/h5-13,19,28H,4,14-18H2,1-3H3/t28-/m0/s1. The van der Waals surface area contributed by atoms with E-state index in [1.807, 2.05) is 76.7 Å². The Kier molecular flexibility index (Phi) is 7.88. The molecule has 2 aromatic carbocycles. The fraction of sp³-hybridized carbons (Fsp3) is 0.333. The van der Waals surface area contributed by atoms with Crippen LogP contribution in [0.2, 0.25) is 0 Å². The Morgan fingerprint density at radius 2 is 1.64 bits per heavy atom. The lowest BCUT2D eigenvalue weighted by Gasteiger charge is -2.38. The van der Waals surface area contributed by atoms with Crippen LogP contribution in [0.4, 0.5) is 0 Å². The fourth-order valence-corrected chi connectivity index (χ4v) is 6.01. The molecule has 9 heteroatoms. The molecule has 0 aromatic heterocycles. The zero-order valence-electron chi connectivity index (χ0n) is 22.4. The van der Waals surface area contributed by atoms with Crippen LogP contribution in [0.3, 0.4) is 0 Å². The second-order valence-corrected chi connectivity index (χ2v) is 10.6. The van der Waals surface area contributed by atoms with E-state index in [-0.39, 0.29) is 24.8 Å². The van der Waals surface area contributed by atoms with Gasteiger partial charge in [0.2, 0.25) is 11.8 Å². The van der Waals surface area contributed by atoms with Crippen molar-refractivity contribution in [2.45, 2.75) is 33.2 Å². The Morgan fingerprint density at radius 1 is 0.974 bits per heavy atom. The summed E-state index contributed by atoms with van der Waals surface area (Å²) < 4.78 is 5.57. The number of piperazine rings is 1. The Labute approximate surface area is 233 Å². The van der Waals surface area contributed by atoms with E-state index in [1.165, 1.54) is 11.8 Å². The van der Waals surface area contributed by atoms with Crippen LogP contribution in [0.25, 0.3) is 5.70 Å². The smallest absolute Gasteiger partial charge is 0.338 e. The second kappa shape index (κ2) is 11.5. The van der Waals surface area contributed by atoms with Crippen molar-refractivity contribution < 1.29 is 19.1 Å². The quantitative estimate of drug-likeness (QED) is 0.503. The highest BCUT2D eigenvalue weighted by Crippen LogP contribution is 2.47. The largest absolute Gasteiger partial charge is 0.463 e. The summed E-state index contributed by atoms with van der Waals surface area (Å²) >= 11 is 1.46. The zero-order chi connectivity index (χ0) is 27.5. The molecular weight excluding hydrogens is 512 g/mol. The molecule has 1 saturated heterocycles. The van der Waals surface area contributed by atoms with Crippen molar-refractivity contribution >= 4 is 40.4 Å². The molecule has 0 bridgehead atoms. The van der Waals surface area contributed by atoms with E-state index in [9.17, 15) is 14.4 Å². The number of carbonyl (C=O) groups is 3. The molecule has 0 aliphatic carbocycles. The molecule has 0 unspecified atom stereocenters. The topological polar surface area (TPSA) is 82.5 Å². The number of carbonyl (C=O) groups excluding carboxylic acids is 3. The van der Waals surface area contributed by atoms with Crippen LogP contribution in [-0.2, 0) is 19.1 Å². The van der Waals surface area contributed by atoms with E-state index in [4.69, 9.17) is 9.73 Å². The summed E-state index contributed by atoms with van der Waals surface area (Å²) in [5.74, 6) is -0.406. The number of rotatable bonds is 6. The van der Waals surface area contributed by atoms with Crippen molar-refractivity contribution in [1.29, 1.82) is 0 Å². The molecule has 0 radical (unpaired) electrons. The Balaban J connectivity index is 1.52. The number of aryl methyl sites for hydroxylation is 1. The van der Waals surface area contributed by atoms with Gasteiger partial charge in [-0.3, -0.25) is 9.59 Å². The van der Waals surface area contributed by atoms with Crippen molar-refractivity contribution in [3.8, 4) is 0 Å². The summed E-state index contributed by atoms with van der Waals surface area (Å²) in [7, 11) is 0. The van der Waals surface area contributed by atoms with Crippen LogP contribution in [-0.4, -0.2) is 70.4 Å². The normalized spacial score (nSPS) is 18.9. The molecule has 3 heterocycles. The van der Waals surface area contributed by atoms with Crippen LogP contribution in [0.5, 0.6) is 0 Å². The molecule has 1 atom stereocenters. The first kappa shape index (κ1) is 26.7. The second-order valence-electron chi connectivity index (χ2n) is 9.72. The van der Waals surface area contributed by atoms with Gasteiger partial charge in [-0.05, 0) is 24.8 Å². The highest BCUT2D eigenvalue weighted by Gasteiger charge is 2.42. The van der Waals surface area contributed by atoms with Crippen LogP contribution in [0.15, 0.2) is 76.3 Å². The van der Waals surface area contributed by atoms with Gasteiger partial charge in [0.1, 0.15) is 0 Å². The number of nitrogens with zero attached hydrogens (tertiary/aromatic N) is 4. The van der Waals surface area contributed by atoms with E-state index >= 15 is 0 Å². The third-order valence-electron chi connectivity index (χ3n) is 7.16. The first-order valence-electron chi connectivity index (χ1n) is 13.2. The van der Waals surface area contributed by atoms with Gasteiger partial charge < -0.3 is 19.4 Å². The molecule has 39 heavy (non-hydrogen) atoms. The molecule has 2 amide bonds. The molecule has 2 aromatic rings. The van der Waals surface area contributed by atoms with Gasteiger partial charge in [-0.25, -0.2) is 9.79 Å². The molecule has 3 aliphatic rings. The predicted molar refractivity (Wildman–Crippen MR) is 152 cm³/mol. The Bertz CT molecular complexity index is 1360. The number of esters is 1. The SMILES string of the molecule is CCOC(=O)C1=C(c2ccccc2)N=C2SC=C(CC(=O)N3CCN(C(C)=O)CC3)N2[C@H]1c1ccc(C)cc1. The number of ether oxygens (including phenoxy) is 1. The average Bonchev–Trinajstić information content (AvgIpc) is 3.35. The van der Waals surface area contributed by atoms with Crippen molar-refractivity contribution in [2.75, 3.05) is 32.8 Å². The summed E-state index contributed by atoms with van der Waals surface area (Å²) in [6.07, 6.45) is 0.172. The van der Waals surface area contributed by atoms with Crippen molar-refractivity contribution in [1.82, 2.24) is 14.7 Å². The summed E-state index contributed by atoms with van der Waals surface area (Å²) in [5, 5.41) is 2.68. The van der Waals surface area contributed by atoms with Crippen molar-refractivity contribution in [3.63, 3.8) is 0 Å². The van der Waals surface area contributed by atoms with Gasteiger partial charge in [0.15, 0.2) is 5.17 Å². The van der Waals surface area contributed by atoms with Crippen LogP contribution in [0.1, 0.15) is 43.0 Å². The summed E-state index contributed by atoms with van der Waals surface area (Å²) in [5.41, 5.74) is 4.68. The summed E-state index contributed by atoms with van der Waals surface area (Å²) in [4.78, 5) is 49.2. The highest BCUT2D eigenvalue weighted by atomic mass is 32.2. The monoisotopic (exact) mass is 544 g/mol. The number of benzene rings is 2. The molecule has 0 saturated carbocycles. The van der Waals surface area contributed by atoms with E-state index in [2.05, 4.69) is 0 Å². The lowest BCUT2D eigenvalue weighted by Crippen LogP contribution is -2.50. The number of thioether (sulfide) groups is 1. The molecule has 5 rings (SSSR count). The first-order chi connectivity index (χ1) is 18.9. The Morgan fingerprint density at radius 3 is 2.28 bits per heavy atom. The maximum Gasteiger partial charge on any atom is 0.338 e. The third-order valence-corrected chi connectivity index (χ3v) is 8.04. The molecule has 202 valence electrons. The summed E-state index contributed by atoms with van der Waals surface area (Å²) in [6, 6.07) is 17.3. The van der Waals surface area contributed by atoms with E-state index < -0.39 is 12.0 Å². The van der Waals surface area contributed by atoms with E-state index in [1.54, 1.807) is 18.7 Å². The third kappa shape index (κ3) is 5.49. The summed E-state index contributed by atoms with van der Waals surface area (Å²) in [6.45, 7) is 7.70. The molecule has 1 fully saturated rings. The minimum Gasteiger partial charge on any atom is -0.463 e. The molecule has 0 N–H and O–H groups in total. The fourth-order valence-electron chi connectivity index (χ4n) is 5.09. The Hall–Kier alpha value is -3.85. The van der Waals surface area contributed by atoms with Gasteiger partial charge in [-0.15, -0.1) is 0 Å². The minimum atomic E-state index is -0.504. The highest BCUT2D eigenvalue weighted by molar-refractivity contribution is 8.16. The van der Waals surface area contributed by atoms with Crippen LogP contribution in [0, 0.1) is 6.92 Å². The lowest BCUT2D eigenvalue weighted by atomic mass is 9.91. The zero-order valence-corrected chi connectivity index (χ0v) is 23.2. The number of amides is 2. The molecule has 8 nitrogen and oxygen atoms in total. The van der Waals surface area contributed by atoms with Crippen LogP contribution < -0.4 is 0 Å². The number of aliphatic imine (C=N–C) groups is 1. The van der Waals surface area contributed by atoms with Crippen molar-refractivity contribution in [3.05, 3.63) is 88.0 Å². The molecule has 3 aliphatic heterocycles. The lowest BCUT2D eigenvalue weighted by molar-refractivity contribution is -0.139. The van der Waals surface area contributed by atoms with Crippen LogP contribution >= 0.6 is 11.8 Å². The molecular formula is C30H32N4O4S. The number of fused-ring (bicyclic) bond motifs is 1. The van der Waals surface area contributed by atoms with Gasteiger partial charge in [0.05, 0.1) is 30.3 Å². The van der Waals surface area contributed by atoms with E-state index in [0.717, 1.165) is 27.6 Å². The van der Waals surface area contributed by atoms with Gasteiger partial charge in [0, 0.05) is 44.4 Å². The average molecular weight is 545 g/mol. The maximum absolute atomic E-state index is 13.6.